The molecule has 4 heteroatoms. The third-order valence-corrected chi connectivity index (χ3v) is 3.03. The van der Waals surface area contributed by atoms with E-state index in [0.29, 0.717) is 17.6 Å². The van der Waals surface area contributed by atoms with Crippen LogP contribution in [0.2, 0.25) is 0 Å². The van der Waals surface area contributed by atoms with Crippen molar-refractivity contribution in [3.63, 3.8) is 0 Å². The molecule has 0 aliphatic heterocycles. The van der Waals surface area contributed by atoms with E-state index in [0.717, 1.165) is 6.42 Å². The zero-order valence-corrected chi connectivity index (χ0v) is 11.2. The van der Waals surface area contributed by atoms with Gasteiger partial charge in [-0.1, -0.05) is 20.1 Å². The first-order valence-corrected chi connectivity index (χ1v) is 6.06. The van der Waals surface area contributed by atoms with Gasteiger partial charge in [0, 0.05) is 11.1 Å². The molecule has 0 aromatic carbocycles. The predicted molar refractivity (Wildman–Crippen MR) is 67.8 cm³/mol. The number of ether oxygens (including phenoxy) is 2. The van der Waals surface area contributed by atoms with Gasteiger partial charge in [0.1, 0.15) is 12.2 Å². The second-order valence-corrected chi connectivity index (χ2v) is 4.93. The summed E-state index contributed by atoms with van der Waals surface area (Å²) in [6, 6.07) is 0. The van der Waals surface area contributed by atoms with Crippen LogP contribution in [0, 0.1) is 5.92 Å². The Morgan fingerprint density at radius 1 is 1.00 bits per heavy atom. The van der Waals surface area contributed by atoms with Crippen molar-refractivity contribution in [2.45, 2.75) is 45.8 Å². The van der Waals surface area contributed by atoms with Crippen LogP contribution >= 0.6 is 0 Å². The van der Waals surface area contributed by atoms with E-state index in [9.17, 15) is 9.59 Å². The Morgan fingerprint density at radius 2 is 1.50 bits per heavy atom. The average Bonchev–Trinajstić information content (AvgIpc) is 2.61. The lowest BCUT2D eigenvalue weighted by molar-refractivity contribution is -0.162. The Bertz CT molecular complexity index is 383. The monoisotopic (exact) mass is 252 g/mol. The molecule has 1 fully saturated rings. The van der Waals surface area contributed by atoms with Crippen molar-refractivity contribution < 1.29 is 19.1 Å². The van der Waals surface area contributed by atoms with Gasteiger partial charge in [-0.2, -0.15) is 0 Å². The average molecular weight is 252 g/mol. The third kappa shape index (κ3) is 3.45. The molecule has 0 N–H and O–H groups in total. The predicted octanol–water partition coefficient (Wildman–Crippen LogP) is 2.39. The second-order valence-electron chi connectivity index (χ2n) is 4.93. The second kappa shape index (κ2) is 5.85. The van der Waals surface area contributed by atoms with Crippen LogP contribution < -0.4 is 0 Å². The molecular formula is C14H20O4. The van der Waals surface area contributed by atoms with Gasteiger partial charge >= 0.3 is 11.9 Å². The van der Waals surface area contributed by atoms with Crippen LogP contribution in [0.15, 0.2) is 24.3 Å². The summed E-state index contributed by atoms with van der Waals surface area (Å²) >= 11 is 0. The normalized spacial score (nSPS) is 26.5. The van der Waals surface area contributed by atoms with Crippen LogP contribution in [0.5, 0.6) is 0 Å². The molecule has 0 saturated heterocycles. The minimum Gasteiger partial charge on any atom is -0.455 e. The van der Waals surface area contributed by atoms with Crippen LogP contribution in [0.4, 0.5) is 0 Å². The standard InChI is InChI=1S/C14H20O4/c1-8(2)13(15)17-11-7-6-10(5)12(11)18-14(16)9(3)4/h10-12H,1,3,6-7H2,2,4-5H3. The molecule has 3 atom stereocenters. The molecule has 0 aromatic heterocycles. The molecule has 0 bridgehead atoms. The number of rotatable bonds is 4. The van der Waals surface area contributed by atoms with E-state index in [1.54, 1.807) is 13.8 Å². The maximum atomic E-state index is 11.5. The quantitative estimate of drug-likeness (QED) is 0.569. The van der Waals surface area contributed by atoms with Crippen LogP contribution in [0.3, 0.4) is 0 Å². The first-order valence-electron chi connectivity index (χ1n) is 6.06. The summed E-state index contributed by atoms with van der Waals surface area (Å²) in [5.41, 5.74) is 0.693. The van der Waals surface area contributed by atoms with E-state index in [1.165, 1.54) is 0 Å². The summed E-state index contributed by atoms with van der Waals surface area (Å²) in [6.07, 6.45) is 0.793. The molecule has 18 heavy (non-hydrogen) atoms. The maximum absolute atomic E-state index is 11.5. The van der Waals surface area contributed by atoms with Crippen LogP contribution in [0.25, 0.3) is 0 Å². The summed E-state index contributed by atoms with van der Waals surface area (Å²) < 4.78 is 10.6. The molecule has 0 amide bonds. The molecular weight excluding hydrogens is 232 g/mol. The highest BCUT2D eigenvalue weighted by molar-refractivity contribution is 5.88. The van der Waals surface area contributed by atoms with Gasteiger partial charge in [0.05, 0.1) is 0 Å². The van der Waals surface area contributed by atoms with Crippen molar-refractivity contribution >= 4 is 11.9 Å². The number of carbonyl (C=O) groups excluding carboxylic acids is 2. The van der Waals surface area contributed by atoms with Gasteiger partial charge in [-0.05, 0) is 32.6 Å². The van der Waals surface area contributed by atoms with Gasteiger partial charge < -0.3 is 9.47 Å². The topological polar surface area (TPSA) is 52.6 Å². The molecule has 0 radical (unpaired) electrons. The van der Waals surface area contributed by atoms with E-state index >= 15 is 0 Å². The molecule has 1 aliphatic rings. The van der Waals surface area contributed by atoms with Gasteiger partial charge in [0.2, 0.25) is 0 Å². The summed E-state index contributed by atoms with van der Waals surface area (Å²) in [5.74, 6) is -0.702. The smallest absolute Gasteiger partial charge is 0.333 e. The molecule has 1 rings (SSSR count). The first-order chi connectivity index (χ1) is 8.32. The van der Waals surface area contributed by atoms with Gasteiger partial charge in [-0.25, -0.2) is 9.59 Å². The fraction of sp³-hybridized carbons (Fsp3) is 0.571. The van der Waals surface area contributed by atoms with Gasteiger partial charge in [0.25, 0.3) is 0 Å². The van der Waals surface area contributed by atoms with Gasteiger partial charge in [0.15, 0.2) is 0 Å². The molecule has 0 spiro atoms. The molecule has 0 aromatic rings. The molecule has 100 valence electrons. The molecule has 4 nitrogen and oxygen atoms in total. The van der Waals surface area contributed by atoms with Crippen LogP contribution in [-0.2, 0) is 19.1 Å². The fourth-order valence-electron chi connectivity index (χ4n) is 1.90. The van der Waals surface area contributed by atoms with Gasteiger partial charge in [-0.15, -0.1) is 0 Å². The van der Waals surface area contributed by atoms with Crippen molar-refractivity contribution in [3.05, 3.63) is 24.3 Å². The highest BCUT2D eigenvalue weighted by Crippen LogP contribution is 2.31. The molecule has 0 heterocycles. The Labute approximate surface area is 108 Å². The number of hydrogen-bond donors (Lipinski definition) is 0. The van der Waals surface area contributed by atoms with E-state index in [1.807, 2.05) is 6.92 Å². The van der Waals surface area contributed by atoms with Crippen molar-refractivity contribution in [1.82, 2.24) is 0 Å². The van der Waals surface area contributed by atoms with Crippen LogP contribution in [0.1, 0.15) is 33.6 Å². The van der Waals surface area contributed by atoms with Crippen LogP contribution in [-0.4, -0.2) is 24.1 Å². The fourth-order valence-corrected chi connectivity index (χ4v) is 1.90. The highest BCUT2D eigenvalue weighted by Gasteiger charge is 2.39. The highest BCUT2D eigenvalue weighted by atomic mass is 16.6. The van der Waals surface area contributed by atoms with E-state index in [2.05, 4.69) is 13.2 Å². The number of hydrogen-bond acceptors (Lipinski definition) is 4. The summed E-state index contributed by atoms with van der Waals surface area (Å²) in [6.45, 7) is 12.2. The Hall–Kier alpha value is -1.58. The summed E-state index contributed by atoms with van der Waals surface area (Å²) in [5, 5.41) is 0. The number of esters is 2. The van der Waals surface area contributed by atoms with E-state index in [4.69, 9.17) is 9.47 Å². The molecule has 3 unspecified atom stereocenters. The lowest BCUT2D eigenvalue weighted by atomic mass is 10.1. The van der Waals surface area contributed by atoms with E-state index < -0.39 is 18.0 Å². The largest absolute Gasteiger partial charge is 0.455 e. The third-order valence-electron chi connectivity index (χ3n) is 3.03. The van der Waals surface area contributed by atoms with Crippen molar-refractivity contribution in [2.24, 2.45) is 5.92 Å². The van der Waals surface area contributed by atoms with Crippen molar-refractivity contribution in [3.8, 4) is 0 Å². The SMILES string of the molecule is C=C(C)C(=O)OC1CCC(C)C1OC(=O)C(=C)C. The first kappa shape index (κ1) is 14.5. The summed E-state index contributed by atoms with van der Waals surface area (Å²) in [7, 11) is 0. The van der Waals surface area contributed by atoms with Crippen molar-refractivity contribution in [2.75, 3.05) is 0 Å². The van der Waals surface area contributed by atoms with Crippen molar-refractivity contribution in [1.29, 1.82) is 0 Å². The summed E-state index contributed by atoms with van der Waals surface area (Å²) in [4.78, 5) is 23.0. The minimum absolute atomic E-state index is 0.177. The number of carbonyl (C=O) groups is 2. The maximum Gasteiger partial charge on any atom is 0.333 e. The van der Waals surface area contributed by atoms with Gasteiger partial charge in [-0.3, -0.25) is 0 Å². The van der Waals surface area contributed by atoms with E-state index in [-0.39, 0.29) is 12.0 Å². The Kier molecular flexibility index (Phi) is 4.70. The zero-order chi connectivity index (χ0) is 13.9. The Balaban J connectivity index is 2.67. The zero-order valence-electron chi connectivity index (χ0n) is 11.2. The lowest BCUT2D eigenvalue weighted by Gasteiger charge is -2.23. The minimum atomic E-state index is -0.440. The lowest BCUT2D eigenvalue weighted by Crippen LogP contribution is -2.34. The molecule has 1 aliphatic carbocycles. The Morgan fingerprint density at radius 3 is 2.00 bits per heavy atom. The molecule has 1 saturated carbocycles.